The highest BCUT2D eigenvalue weighted by Crippen LogP contribution is 2.25. The Morgan fingerprint density at radius 3 is 2.87 bits per heavy atom. The van der Waals surface area contributed by atoms with Gasteiger partial charge in [0.05, 0.1) is 4.90 Å². The molecule has 0 bridgehead atoms. The van der Waals surface area contributed by atoms with Gasteiger partial charge in [-0.15, -0.1) is 0 Å². The van der Waals surface area contributed by atoms with E-state index in [1.165, 1.54) is 0 Å². The molecule has 1 amide bonds. The molecule has 82 valence electrons. The van der Waals surface area contributed by atoms with E-state index in [4.69, 9.17) is 0 Å². The lowest BCUT2D eigenvalue weighted by Crippen LogP contribution is -2.14. The van der Waals surface area contributed by atoms with Gasteiger partial charge in [0.2, 0.25) is 5.91 Å². The number of para-hydroxylation sites is 1. The first-order valence-electron chi connectivity index (χ1n) is 4.97. The van der Waals surface area contributed by atoms with E-state index in [1.54, 1.807) is 18.2 Å². The molecule has 0 aliphatic heterocycles. The van der Waals surface area contributed by atoms with Gasteiger partial charge in [-0.25, -0.2) is 0 Å². The van der Waals surface area contributed by atoms with Crippen molar-refractivity contribution in [1.82, 2.24) is 4.72 Å². The monoisotopic (exact) mass is 225 g/mol. The smallest absolute Gasteiger partial charge is 0.230 e. The zero-order chi connectivity index (χ0) is 11.1. The molecule has 3 nitrogen and oxygen atoms in total. The molecule has 0 saturated heterocycles. The predicted molar refractivity (Wildman–Crippen MR) is 61.6 cm³/mol. The maximum atomic E-state index is 11.3. The van der Waals surface area contributed by atoms with Crippen molar-refractivity contribution in [3.8, 4) is 5.75 Å². The third kappa shape index (κ3) is 4.25. The Hall–Kier alpha value is -1.16. The number of rotatable bonds is 5. The first-order chi connectivity index (χ1) is 7.24. The van der Waals surface area contributed by atoms with Crippen LogP contribution in [0, 0.1) is 0 Å². The number of phenolic OH excluding ortho intramolecular Hbond substituents is 1. The average Bonchev–Trinajstić information content (AvgIpc) is 2.25. The van der Waals surface area contributed by atoms with Crippen molar-refractivity contribution in [3.05, 3.63) is 24.3 Å². The van der Waals surface area contributed by atoms with Gasteiger partial charge < -0.3 is 5.11 Å². The van der Waals surface area contributed by atoms with Gasteiger partial charge in [-0.05, 0) is 30.5 Å². The number of phenols is 1. The van der Waals surface area contributed by atoms with Crippen molar-refractivity contribution in [1.29, 1.82) is 0 Å². The molecule has 4 heteroatoms. The summed E-state index contributed by atoms with van der Waals surface area (Å²) in [4.78, 5) is 11.9. The quantitative estimate of drug-likeness (QED) is 0.757. The van der Waals surface area contributed by atoms with Crippen LogP contribution >= 0.6 is 11.9 Å². The van der Waals surface area contributed by atoms with Crippen molar-refractivity contribution < 1.29 is 9.90 Å². The fourth-order valence-corrected chi connectivity index (χ4v) is 1.69. The molecule has 0 unspecified atom stereocenters. The van der Waals surface area contributed by atoms with Crippen LogP contribution < -0.4 is 4.72 Å². The van der Waals surface area contributed by atoms with Crippen molar-refractivity contribution in [2.75, 3.05) is 0 Å². The van der Waals surface area contributed by atoms with E-state index in [0.717, 1.165) is 24.8 Å². The van der Waals surface area contributed by atoms with E-state index >= 15 is 0 Å². The molecule has 0 heterocycles. The molecule has 0 fully saturated rings. The summed E-state index contributed by atoms with van der Waals surface area (Å²) in [6, 6.07) is 6.93. The van der Waals surface area contributed by atoms with Gasteiger partial charge in [-0.2, -0.15) is 0 Å². The predicted octanol–water partition coefficient (Wildman–Crippen LogP) is 2.71. The van der Waals surface area contributed by atoms with Crippen molar-refractivity contribution in [3.63, 3.8) is 0 Å². The van der Waals surface area contributed by atoms with Gasteiger partial charge in [-0.1, -0.05) is 25.5 Å². The number of hydrogen-bond donors (Lipinski definition) is 2. The number of amides is 1. The number of benzene rings is 1. The topological polar surface area (TPSA) is 49.3 Å². The maximum absolute atomic E-state index is 11.3. The third-order valence-electron chi connectivity index (χ3n) is 1.90. The minimum absolute atomic E-state index is 0.00473. The summed E-state index contributed by atoms with van der Waals surface area (Å²) in [5, 5.41) is 9.43. The Balaban J connectivity index is 2.37. The summed E-state index contributed by atoms with van der Waals surface area (Å²) in [5.74, 6) is 0.198. The van der Waals surface area contributed by atoms with Gasteiger partial charge >= 0.3 is 0 Å². The second kappa shape index (κ2) is 6.35. The van der Waals surface area contributed by atoms with Gasteiger partial charge in [0.15, 0.2) is 0 Å². The Morgan fingerprint density at radius 1 is 1.47 bits per heavy atom. The van der Waals surface area contributed by atoms with E-state index in [2.05, 4.69) is 4.72 Å². The number of aromatic hydroxyl groups is 1. The molecule has 0 saturated carbocycles. The van der Waals surface area contributed by atoms with E-state index < -0.39 is 0 Å². The molecule has 1 aromatic rings. The SMILES string of the molecule is CCCCC(=O)NSc1ccccc1O. The van der Waals surface area contributed by atoms with Crippen molar-refractivity contribution in [2.45, 2.75) is 31.1 Å². The van der Waals surface area contributed by atoms with Crippen molar-refractivity contribution in [2.24, 2.45) is 0 Å². The van der Waals surface area contributed by atoms with E-state index in [9.17, 15) is 9.90 Å². The highest BCUT2D eigenvalue weighted by molar-refractivity contribution is 7.98. The average molecular weight is 225 g/mol. The molecule has 15 heavy (non-hydrogen) atoms. The Morgan fingerprint density at radius 2 is 2.20 bits per heavy atom. The maximum Gasteiger partial charge on any atom is 0.230 e. The zero-order valence-corrected chi connectivity index (χ0v) is 9.51. The van der Waals surface area contributed by atoms with Crippen molar-refractivity contribution >= 4 is 17.9 Å². The summed E-state index contributed by atoms with van der Waals surface area (Å²) < 4.78 is 2.69. The molecule has 0 radical (unpaired) electrons. The van der Waals surface area contributed by atoms with Crippen LogP contribution in [-0.4, -0.2) is 11.0 Å². The largest absolute Gasteiger partial charge is 0.507 e. The molecule has 0 aliphatic carbocycles. The highest BCUT2D eigenvalue weighted by Gasteiger charge is 2.03. The third-order valence-corrected chi connectivity index (χ3v) is 2.79. The number of carbonyl (C=O) groups is 1. The molecule has 1 rings (SSSR count). The summed E-state index contributed by atoms with van der Waals surface area (Å²) in [6.07, 6.45) is 2.44. The minimum atomic E-state index is 0.00473. The molecular weight excluding hydrogens is 210 g/mol. The summed E-state index contributed by atoms with van der Waals surface area (Å²) in [6.45, 7) is 2.05. The van der Waals surface area contributed by atoms with Crippen LogP contribution in [-0.2, 0) is 4.79 Å². The van der Waals surface area contributed by atoms with Gasteiger partial charge in [0.1, 0.15) is 5.75 Å². The first-order valence-corrected chi connectivity index (χ1v) is 5.79. The lowest BCUT2D eigenvalue weighted by atomic mass is 10.2. The lowest BCUT2D eigenvalue weighted by molar-refractivity contribution is -0.119. The normalized spacial score (nSPS) is 9.93. The molecule has 0 atom stereocenters. The summed E-state index contributed by atoms with van der Waals surface area (Å²) >= 11 is 1.16. The van der Waals surface area contributed by atoms with Crippen LogP contribution in [0.5, 0.6) is 5.75 Å². The Bertz CT molecular complexity index is 328. The molecule has 0 spiro atoms. The summed E-state index contributed by atoms with van der Waals surface area (Å²) in [7, 11) is 0. The molecule has 2 N–H and O–H groups in total. The second-order valence-corrected chi connectivity index (χ2v) is 4.05. The number of nitrogens with one attached hydrogen (secondary N) is 1. The Labute approximate surface area is 94.0 Å². The second-order valence-electron chi connectivity index (χ2n) is 3.20. The summed E-state index contributed by atoms with van der Waals surface area (Å²) in [5.41, 5.74) is 0. The minimum Gasteiger partial charge on any atom is -0.507 e. The van der Waals surface area contributed by atoms with Crippen LogP contribution in [0.3, 0.4) is 0 Å². The van der Waals surface area contributed by atoms with Gasteiger partial charge in [0, 0.05) is 6.42 Å². The van der Waals surface area contributed by atoms with E-state index in [1.807, 2.05) is 13.0 Å². The fraction of sp³-hybridized carbons (Fsp3) is 0.364. The van der Waals surface area contributed by atoms with Crippen LogP contribution in [0.2, 0.25) is 0 Å². The number of carbonyl (C=O) groups excluding carboxylic acids is 1. The van der Waals surface area contributed by atoms with Crippen LogP contribution in [0.4, 0.5) is 0 Å². The van der Waals surface area contributed by atoms with E-state index in [-0.39, 0.29) is 11.7 Å². The highest BCUT2D eigenvalue weighted by atomic mass is 32.2. The Kier molecular flexibility index (Phi) is 5.04. The lowest BCUT2D eigenvalue weighted by Gasteiger charge is -2.04. The molecule has 1 aromatic carbocycles. The zero-order valence-electron chi connectivity index (χ0n) is 8.69. The first kappa shape index (κ1) is 11.9. The fourth-order valence-electron chi connectivity index (χ4n) is 1.04. The van der Waals surface area contributed by atoms with Gasteiger partial charge in [0.25, 0.3) is 0 Å². The molecule has 0 aromatic heterocycles. The van der Waals surface area contributed by atoms with Crippen LogP contribution in [0.25, 0.3) is 0 Å². The molecular formula is C11H15NO2S. The van der Waals surface area contributed by atoms with Crippen LogP contribution in [0.15, 0.2) is 29.2 Å². The van der Waals surface area contributed by atoms with Gasteiger partial charge in [-0.3, -0.25) is 9.52 Å². The number of hydrogen-bond acceptors (Lipinski definition) is 3. The van der Waals surface area contributed by atoms with Crippen LogP contribution in [0.1, 0.15) is 26.2 Å². The number of unbranched alkanes of at least 4 members (excludes halogenated alkanes) is 1. The van der Waals surface area contributed by atoms with E-state index in [0.29, 0.717) is 11.3 Å². The molecule has 0 aliphatic rings. The standard InChI is InChI=1S/C11H15NO2S/c1-2-3-8-11(14)12-15-10-7-5-4-6-9(10)13/h4-7,13H,2-3,8H2,1H3,(H,12,14).